The number of amides is 2. The number of hydrogen-bond acceptors (Lipinski definition) is 3. The van der Waals surface area contributed by atoms with Crippen LogP contribution in [0.1, 0.15) is 19.0 Å². The average Bonchev–Trinajstić information content (AvgIpc) is 3.05. The van der Waals surface area contributed by atoms with Gasteiger partial charge in [0.15, 0.2) is 0 Å². The van der Waals surface area contributed by atoms with Crippen molar-refractivity contribution in [2.75, 3.05) is 25.0 Å². The number of ether oxygens (including phenoxy) is 1. The molecule has 126 valence electrons. The number of hydrogen-bond donors (Lipinski definition) is 1. The molecule has 0 unspecified atom stereocenters. The summed E-state index contributed by atoms with van der Waals surface area (Å²) in [6, 6.07) is 13.9. The van der Waals surface area contributed by atoms with E-state index in [1.165, 1.54) is 0 Å². The Morgan fingerprint density at radius 3 is 2.79 bits per heavy atom. The van der Waals surface area contributed by atoms with Crippen LogP contribution in [0, 0.1) is 6.92 Å². The Hall–Kier alpha value is -2.40. The van der Waals surface area contributed by atoms with E-state index in [1.54, 1.807) is 4.90 Å². The molecule has 1 saturated heterocycles. The first-order valence-electron chi connectivity index (χ1n) is 8.38. The number of aromatic nitrogens is 1. The summed E-state index contributed by atoms with van der Waals surface area (Å²) in [6.07, 6.45) is 1.04. The van der Waals surface area contributed by atoms with Gasteiger partial charge in [0.2, 0.25) is 0 Å². The number of likely N-dealkylation sites (tertiary alicyclic amines) is 1. The Kier molecular flexibility index (Phi) is 5.11. The molecule has 1 fully saturated rings. The van der Waals surface area contributed by atoms with E-state index in [4.69, 9.17) is 4.74 Å². The van der Waals surface area contributed by atoms with Gasteiger partial charge in [-0.25, -0.2) is 9.78 Å². The lowest BCUT2D eigenvalue weighted by atomic mass is 10.0. The van der Waals surface area contributed by atoms with Gasteiger partial charge in [0.1, 0.15) is 5.82 Å². The Morgan fingerprint density at radius 1 is 1.29 bits per heavy atom. The summed E-state index contributed by atoms with van der Waals surface area (Å²) in [5, 5.41) is 2.89. The third-order valence-electron chi connectivity index (χ3n) is 4.24. The van der Waals surface area contributed by atoms with Crippen molar-refractivity contribution in [1.29, 1.82) is 0 Å². The molecule has 0 aliphatic carbocycles. The smallest absolute Gasteiger partial charge is 0.323 e. The minimum Gasteiger partial charge on any atom is -0.377 e. The van der Waals surface area contributed by atoms with Crippen molar-refractivity contribution in [3.05, 3.63) is 48.2 Å². The van der Waals surface area contributed by atoms with Gasteiger partial charge in [-0.1, -0.05) is 30.3 Å². The van der Waals surface area contributed by atoms with Crippen molar-refractivity contribution in [2.45, 2.75) is 26.4 Å². The molecular formula is C19H23N3O2. The molecular weight excluding hydrogens is 302 g/mol. The van der Waals surface area contributed by atoms with Crippen LogP contribution in [0.4, 0.5) is 10.6 Å². The van der Waals surface area contributed by atoms with Crippen LogP contribution < -0.4 is 5.32 Å². The van der Waals surface area contributed by atoms with Gasteiger partial charge in [-0.05, 0) is 38.0 Å². The van der Waals surface area contributed by atoms with Crippen LogP contribution in [0.5, 0.6) is 0 Å². The highest BCUT2D eigenvalue weighted by Gasteiger charge is 2.26. The van der Waals surface area contributed by atoms with Gasteiger partial charge < -0.3 is 9.64 Å². The number of carbonyl (C=O) groups is 1. The number of rotatable bonds is 4. The Bertz CT molecular complexity index is 703. The number of carbonyl (C=O) groups excluding carboxylic acids is 1. The van der Waals surface area contributed by atoms with Crippen LogP contribution in [0.25, 0.3) is 11.1 Å². The van der Waals surface area contributed by atoms with Crippen molar-refractivity contribution in [1.82, 2.24) is 9.88 Å². The topological polar surface area (TPSA) is 54.5 Å². The maximum absolute atomic E-state index is 12.4. The van der Waals surface area contributed by atoms with Crippen LogP contribution in [0.15, 0.2) is 42.5 Å². The number of aryl methyl sites for hydroxylation is 1. The molecule has 0 bridgehead atoms. The minimum atomic E-state index is -0.114. The Balaban J connectivity index is 1.66. The van der Waals surface area contributed by atoms with Crippen molar-refractivity contribution >= 4 is 11.8 Å². The summed E-state index contributed by atoms with van der Waals surface area (Å²) in [7, 11) is 0. The van der Waals surface area contributed by atoms with Gasteiger partial charge in [-0.3, -0.25) is 5.32 Å². The zero-order valence-electron chi connectivity index (χ0n) is 14.2. The monoisotopic (exact) mass is 325 g/mol. The van der Waals surface area contributed by atoms with E-state index in [-0.39, 0.29) is 12.1 Å². The molecule has 3 rings (SSSR count). The van der Waals surface area contributed by atoms with E-state index in [2.05, 4.69) is 22.4 Å². The number of nitrogens with zero attached hydrogens (tertiary/aromatic N) is 2. The molecule has 2 aromatic rings. The van der Waals surface area contributed by atoms with Crippen LogP contribution in [0.3, 0.4) is 0 Å². The molecule has 0 spiro atoms. The summed E-state index contributed by atoms with van der Waals surface area (Å²) >= 11 is 0. The normalized spacial score (nSPS) is 17.1. The molecule has 5 nitrogen and oxygen atoms in total. The predicted molar refractivity (Wildman–Crippen MR) is 95.0 cm³/mol. The van der Waals surface area contributed by atoms with Crippen LogP contribution >= 0.6 is 0 Å². The van der Waals surface area contributed by atoms with Crippen LogP contribution in [0.2, 0.25) is 0 Å². The minimum absolute atomic E-state index is 0.114. The quantitative estimate of drug-likeness (QED) is 0.932. The summed E-state index contributed by atoms with van der Waals surface area (Å²) in [4.78, 5) is 18.7. The first-order valence-corrected chi connectivity index (χ1v) is 8.38. The highest BCUT2D eigenvalue weighted by molar-refractivity contribution is 5.88. The molecule has 0 saturated carbocycles. The van der Waals surface area contributed by atoms with Gasteiger partial charge >= 0.3 is 6.03 Å². The van der Waals surface area contributed by atoms with Gasteiger partial charge in [-0.2, -0.15) is 0 Å². The van der Waals surface area contributed by atoms with Crippen molar-refractivity contribution < 1.29 is 9.53 Å². The zero-order chi connectivity index (χ0) is 16.9. The van der Waals surface area contributed by atoms with Gasteiger partial charge in [-0.15, -0.1) is 0 Å². The Morgan fingerprint density at radius 2 is 2.08 bits per heavy atom. The first kappa shape index (κ1) is 16.5. The van der Waals surface area contributed by atoms with Crippen molar-refractivity contribution in [3.8, 4) is 11.1 Å². The second-order valence-electron chi connectivity index (χ2n) is 5.94. The standard InChI is InChI=1S/C19H23N3O2/c1-3-24-16-11-12-22(13-16)19(23)21-18-10-9-17(14(2)20-18)15-7-5-4-6-8-15/h4-10,16H,3,11-13H2,1-2H3,(H,20,21,23)/t16-/m0/s1. The molecule has 1 aliphatic heterocycles. The molecule has 1 aromatic carbocycles. The van der Waals surface area contributed by atoms with Crippen molar-refractivity contribution in [2.24, 2.45) is 0 Å². The molecule has 24 heavy (non-hydrogen) atoms. The largest absolute Gasteiger partial charge is 0.377 e. The van der Waals surface area contributed by atoms with E-state index in [1.807, 2.05) is 44.2 Å². The molecule has 1 aliphatic rings. The molecule has 1 N–H and O–H groups in total. The lowest BCUT2D eigenvalue weighted by Gasteiger charge is -2.17. The summed E-state index contributed by atoms with van der Waals surface area (Å²) in [5.41, 5.74) is 3.10. The lowest BCUT2D eigenvalue weighted by molar-refractivity contribution is 0.0716. The molecule has 0 radical (unpaired) electrons. The van der Waals surface area contributed by atoms with E-state index in [0.29, 0.717) is 19.0 Å². The second-order valence-corrected chi connectivity index (χ2v) is 5.94. The summed E-state index contributed by atoms with van der Waals surface area (Å²) in [5.74, 6) is 0.581. The number of nitrogens with one attached hydrogen (secondary N) is 1. The van der Waals surface area contributed by atoms with Crippen LogP contribution in [-0.2, 0) is 4.74 Å². The molecule has 2 heterocycles. The third-order valence-corrected chi connectivity index (χ3v) is 4.24. The molecule has 1 atom stereocenters. The van der Waals surface area contributed by atoms with Crippen molar-refractivity contribution in [3.63, 3.8) is 0 Å². The Labute approximate surface area is 142 Å². The maximum atomic E-state index is 12.4. The summed E-state index contributed by atoms with van der Waals surface area (Å²) < 4.78 is 5.58. The number of pyridine rings is 1. The van der Waals surface area contributed by atoms with Crippen LogP contribution in [-0.4, -0.2) is 41.7 Å². The van der Waals surface area contributed by atoms with E-state index in [9.17, 15) is 4.79 Å². The van der Waals surface area contributed by atoms with Gasteiger partial charge in [0, 0.05) is 31.0 Å². The number of urea groups is 1. The second kappa shape index (κ2) is 7.45. The summed E-state index contributed by atoms with van der Waals surface area (Å²) in [6.45, 7) is 5.98. The van der Waals surface area contributed by atoms with Gasteiger partial charge in [0.05, 0.1) is 6.10 Å². The van der Waals surface area contributed by atoms with E-state index < -0.39 is 0 Å². The van der Waals surface area contributed by atoms with E-state index >= 15 is 0 Å². The number of benzene rings is 1. The fraction of sp³-hybridized carbons (Fsp3) is 0.368. The first-order chi connectivity index (χ1) is 11.7. The fourth-order valence-corrected chi connectivity index (χ4v) is 3.03. The average molecular weight is 325 g/mol. The third kappa shape index (κ3) is 3.74. The highest BCUT2D eigenvalue weighted by atomic mass is 16.5. The highest BCUT2D eigenvalue weighted by Crippen LogP contribution is 2.23. The molecule has 2 amide bonds. The molecule has 1 aromatic heterocycles. The number of anilines is 1. The van der Waals surface area contributed by atoms with E-state index in [0.717, 1.165) is 29.8 Å². The SMILES string of the molecule is CCO[C@H]1CCN(C(=O)Nc2ccc(-c3ccccc3)c(C)n2)C1. The predicted octanol–water partition coefficient (Wildman–Crippen LogP) is 3.70. The maximum Gasteiger partial charge on any atom is 0.323 e. The molecule has 5 heteroatoms. The lowest BCUT2D eigenvalue weighted by Crippen LogP contribution is -2.34. The van der Waals surface area contributed by atoms with Gasteiger partial charge in [0.25, 0.3) is 0 Å². The fourth-order valence-electron chi connectivity index (χ4n) is 3.03. The zero-order valence-corrected chi connectivity index (χ0v) is 14.2.